The molecule has 8 nitrogen and oxygen atoms in total. The molecule has 0 radical (unpaired) electrons. The van der Waals surface area contributed by atoms with Gasteiger partial charge >= 0.3 is 11.9 Å². The van der Waals surface area contributed by atoms with Gasteiger partial charge < -0.3 is 19.5 Å². The van der Waals surface area contributed by atoms with Crippen LogP contribution >= 0.6 is 23.2 Å². The van der Waals surface area contributed by atoms with Gasteiger partial charge in [0.1, 0.15) is 11.6 Å². The summed E-state index contributed by atoms with van der Waals surface area (Å²) in [7, 11) is 1.21. The number of hydrogen-bond donors (Lipinski definition) is 1. The molecule has 0 bridgehead atoms. The number of halogens is 2. The van der Waals surface area contributed by atoms with Crippen molar-refractivity contribution in [2.45, 2.75) is 6.92 Å². The molecule has 0 atom stereocenters. The standard InChI is InChI=1S/C22H18Cl2N2O6/c1-3-31-22(29)14-4-6-16(7-5-14)26-21(28)15(11-25)8-13-9-17(23)20(18(24)10-13)32-12-19(27)30-2/h4-10H,3,12H2,1-2H3,(H,26,28)/b15-8+. The van der Waals surface area contributed by atoms with Crippen molar-refractivity contribution >= 4 is 52.8 Å². The minimum Gasteiger partial charge on any atom is -0.479 e. The van der Waals surface area contributed by atoms with Crippen LogP contribution in [0.5, 0.6) is 5.75 Å². The second-order valence-corrected chi connectivity index (χ2v) is 6.91. The average Bonchev–Trinajstić information content (AvgIpc) is 2.77. The number of ether oxygens (including phenoxy) is 3. The first-order valence-corrected chi connectivity index (χ1v) is 9.93. The van der Waals surface area contributed by atoms with Crippen molar-refractivity contribution in [3.05, 3.63) is 63.1 Å². The Hall–Kier alpha value is -3.54. The summed E-state index contributed by atoms with van der Waals surface area (Å²) in [5.74, 6) is -1.69. The molecule has 2 aromatic carbocycles. The molecule has 0 aliphatic carbocycles. The predicted molar refractivity (Wildman–Crippen MR) is 119 cm³/mol. The molecular weight excluding hydrogens is 459 g/mol. The van der Waals surface area contributed by atoms with E-state index in [1.54, 1.807) is 6.92 Å². The second-order valence-electron chi connectivity index (χ2n) is 6.10. The van der Waals surface area contributed by atoms with Gasteiger partial charge in [-0.15, -0.1) is 0 Å². The van der Waals surface area contributed by atoms with E-state index in [1.807, 2.05) is 6.07 Å². The number of nitrogens with one attached hydrogen (secondary N) is 1. The molecular formula is C22H18Cl2N2O6. The summed E-state index contributed by atoms with van der Waals surface area (Å²) in [6.45, 7) is 1.57. The van der Waals surface area contributed by atoms with Crippen LogP contribution in [0.4, 0.5) is 5.69 Å². The Balaban J connectivity index is 2.16. The molecule has 166 valence electrons. The molecule has 0 aliphatic rings. The van der Waals surface area contributed by atoms with Gasteiger partial charge in [0.05, 0.1) is 29.3 Å². The largest absolute Gasteiger partial charge is 0.479 e. The van der Waals surface area contributed by atoms with Gasteiger partial charge in [0.25, 0.3) is 5.91 Å². The van der Waals surface area contributed by atoms with Crippen LogP contribution in [0.3, 0.4) is 0 Å². The lowest BCUT2D eigenvalue weighted by Gasteiger charge is -2.10. The van der Waals surface area contributed by atoms with Gasteiger partial charge in [0, 0.05) is 5.69 Å². The maximum absolute atomic E-state index is 12.5. The van der Waals surface area contributed by atoms with Crippen LogP contribution in [0.15, 0.2) is 42.0 Å². The number of methoxy groups -OCH3 is 1. The quantitative estimate of drug-likeness (QED) is 0.343. The predicted octanol–water partition coefficient (Wildman–Crippen LogP) is 4.27. The van der Waals surface area contributed by atoms with Gasteiger partial charge in [-0.2, -0.15) is 5.26 Å². The molecule has 1 amide bonds. The fourth-order valence-corrected chi connectivity index (χ4v) is 3.02. The van der Waals surface area contributed by atoms with Gasteiger partial charge in [0.2, 0.25) is 0 Å². The lowest BCUT2D eigenvalue weighted by Crippen LogP contribution is -2.14. The number of carbonyl (C=O) groups is 3. The lowest BCUT2D eigenvalue weighted by atomic mass is 10.1. The van der Waals surface area contributed by atoms with Crippen molar-refractivity contribution in [3.8, 4) is 11.8 Å². The molecule has 2 rings (SSSR count). The zero-order valence-electron chi connectivity index (χ0n) is 17.1. The van der Waals surface area contributed by atoms with E-state index in [1.165, 1.54) is 49.6 Å². The van der Waals surface area contributed by atoms with E-state index >= 15 is 0 Å². The maximum Gasteiger partial charge on any atom is 0.343 e. The summed E-state index contributed by atoms with van der Waals surface area (Å²) in [5.41, 5.74) is 0.871. The Morgan fingerprint density at radius 3 is 2.28 bits per heavy atom. The third-order valence-electron chi connectivity index (χ3n) is 3.91. The lowest BCUT2D eigenvalue weighted by molar-refractivity contribution is -0.142. The molecule has 0 aromatic heterocycles. The minimum absolute atomic E-state index is 0.0699. The Morgan fingerprint density at radius 1 is 1.12 bits per heavy atom. The van der Waals surface area contributed by atoms with Crippen LogP contribution in [0.1, 0.15) is 22.8 Å². The third kappa shape index (κ3) is 6.74. The van der Waals surface area contributed by atoms with E-state index in [2.05, 4.69) is 10.1 Å². The highest BCUT2D eigenvalue weighted by Crippen LogP contribution is 2.35. The van der Waals surface area contributed by atoms with Crippen LogP contribution < -0.4 is 10.1 Å². The van der Waals surface area contributed by atoms with Crippen LogP contribution in [0.2, 0.25) is 10.0 Å². The van der Waals surface area contributed by atoms with Crippen molar-refractivity contribution in [1.82, 2.24) is 0 Å². The summed E-state index contributed by atoms with van der Waals surface area (Å²) < 4.78 is 14.6. The summed E-state index contributed by atoms with van der Waals surface area (Å²) in [4.78, 5) is 35.4. The van der Waals surface area contributed by atoms with E-state index in [9.17, 15) is 19.6 Å². The Morgan fingerprint density at radius 2 is 1.75 bits per heavy atom. The van der Waals surface area contributed by atoms with Gasteiger partial charge in [0.15, 0.2) is 12.4 Å². The second kappa shape index (κ2) is 11.7. The number of carbonyl (C=O) groups excluding carboxylic acids is 3. The van der Waals surface area contributed by atoms with E-state index in [0.717, 1.165) is 0 Å². The van der Waals surface area contributed by atoms with E-state index in [-0.39, 0.29) is 34.6 Å². The van der Waals surface area contributed by atoms with Gasteiger partial charge in [-0.1, -0.05) is 23.2 Å². The first-order valence-electron chi connectivity index (χ1n) is 9.18. The molecule has 0 unspecified atom stereocenters. The fraction of sp³-hybridized carbons (Fsp3) is 0.182. The van der Waals surface area contributed by atoms with Crippen LogP contribution in [-0.2, 0) is 19.1 Å². The highest BCUT2D eigenvalue weighted by atomic mass is 35.5. The summed E-state index contributed by atoms with van der Waals surface area (Å²) in [6, 6.07) is 10.7. The smallest absolute Gasteiger partial charge is 0.343 e. The van der Waals surface area contributed by atoms with E-state index < -0.39 is 17.8 Å². The molecule has 1 N–H and O–H groups in total. The van der Waals surface area contributed by atoms with Crippen molar-refractivity contribution in [2.24, 2.45) is 0 Å². The Labute approximate surface area is 194 Å². The number of nitrogens with zero attached hydrogens (tertiary/aromatic N) is 1. The van der Waals surface area contributed by atoms with Crippen molar-refractivity contribution in [1.29, 1.82) is 5.26 Å². The number of benzene rings is 2. The van der Waals surface area contributed by atoms with Gasteiger partial charge in [-0.05, 0) is 55.0 Å². The topological polar surface area (TPSA) is 115 Å². The molecule has 0 heterocycles. The maximum atomic E-state index is 12.5. The number of amides is 1. The van der Waals surface area contributed by atoms with Crippen molar-refractivity contribution in [2.75, 3.05) is 25.6 Å². The summed E-state index contributed by atoms with van der Waals surface area (Å²) in [6.07, 6.45) is 1.30. The highest BCUT2D eigenvalue weighted by Gasteiger charge is 2.14. The van der Waals surface area contributed by atoms with Crippen LogP contribution in [0.25, 0.3) is 6.08 Å². The average molecular weight is 477 g/mol. The van der Waals surface area contributed by atoms with Crippen molar-refractivity contribution in [3.63, 3.8) is 0 Å². The fourth-order valence-electron chi connectivity index (χ4n) is 2.41. The molecule has 0 fully saturated rings. The van der Waals surface area contributed by atoms with Gasteiger partial charge in [-0.3, -0.25) is 4.79 Å². The van der Waals surface area contributed by atoms with Crippen LogP contribution in [0, 0.1) is 11.3 Å². The third-order valence-corrected chi connectivity index (χ3v) is 4.47. The number of anilines is 1. The molecule has 2 aromatic rings. The number of esters is 2. The number of rotatable bonds is 8. The molecule has 0 spiro atoms. The summed E-state index contributed by atoms with van der Waals surface area (Å²) >= 11 is 12.3. The molecule has 32 heavy (non-hydrogen) atoms. The first kappa shape index (κ1) is 24.7. The Kier molecular flexibility index (Phi) is 9.08. The SMILES string of the molecule is CCOC(=O)c1ccc(NC(=O)/C(C#N)=C/c2cc(Cl)c(OCC(=O)OC)c(Cl)c2)cc1. The molecule has 0 saturated carbocycles. The zero-order chi connectivity index (χ0) is 23.7. The zero-order valence-corrected chi connectivity index (χ0v) is 18.6. The van der Waals surface area contributed by atoms with E-state index in [0.29, 0.717) is 16.8 Å². The highest BCUT2D eigenvalue weighted by molar-refractivity contribution is 6.37. The summed E-state index contributed by atoms with van der Waals surface area (Å²) in [5, 5.41) is 12.1. The monoisotopic (exact) mass is 476 g/mol. The number of nitriles is 1. The molecule has 0 aliphatic heterocycles. The normalized spacial score (nSPS) is 10.7. The molecule has 0 saturated heterocycles. The minimum atomic E-state index is -0.672. The molecule has 10 heteroatoms. The number of hydrogen-bond acceptors (Lipinski definition) is 7. The van der Waals surface area contributed by atoms with Gasteiger partial charge in [-0.25, -0.2) is 9.59 Å². The first-order chi connectivity index (χ1) is 15.3. The Bertz CT molecular complexity index is 1070. The van der Waals surface area contributed by atoms with Crippen LogP contribution in [-0.4, -0.2) is 38.2 Å². The van der Waals surface area contributed by atoms with Crippen molar-refractivity contribution < 1.29 is 28.6 Å². The van der Waals surface area contributed by atoms with E-state index in [4.69, 9.17) is 32.7 Å².